The molecule has 0 amide bonds. The number of hydrogen-bond acceptors (Lipinski definition) is 7. The van der Waals surface area contributed by atoms with Crippen LogP contribution in [0.5, 0.6) is 0 Å². The van der Waals surface area contributed by atoms with Crippen molar-refractivity contribution in [2.75, 3.05) is 0 Å². The quantitative estimate of drug-likeness (QED) is 0.398. The molecule has 7 heteroatoms. The van der Waals surface area contributed by atoms with Gasteiger partial charge in [-0.15, -0.1) is 0 Å². The number of esters is 3. The van der Waals surface area contributed by atoms with Gasteiger partial charge in [0.25, 0.3) is 0 Å². The van der Waals surface area contributed by atoms with Crippen LogP contribution in [0.25, 0.3) is 0 Å². The fourth-order valence-corrected chi connectivity index (χ4v) is 3.87. The van der Waals surface area contributed by atoms with Crippen LogP contribution in [0, 0.1) is 5.92 Å². The summed E-state index contributed by atoms with van der Waals surface area (Å²) in [6, 6.07) is 0. The van der Waals surface area contributed by atoms with Crippen molar-refractivity contribution >= 4 is 17.9 Å². The topological polar surface area (TPSA) is 91.4 Å². The summed E-state index contributed by atoms with van der Waals surface area (Å²) in [5, 5.41) is 0. The van der Waals surface area contributed by atoms with Gasteiger partial charge < -0.3 is 18.9 Å². The lowest BCUT2D eigenvalue weighted by atomic mass is 9.85. The zero-order chi connectivity index (χ0) is 16.4. The third-order valence-electron chi connectivity index (χ3n) is 5.13. The van der Waals surface area contributed by atoms with Crippen LogP contribution in [-0.4, -0.2) is 47.9 Å². The Hall–Kier alpha value is -1.89. The van der Waals surface area contributed by atoms with E-state index in [1.807, 2.05) is 6.92 Å². The van der Waals surface area contributed by atoms with Gasteiger partial charge in [-0.2, -0.15) is 0 Å². The zero-order valence-corrected chi connectivity index (χ0v) is 12.9. The maximum Gasteiger partial charge on any atom is 0.338 e. The first kappa shape index (κ1) is 14.7. The molecule has 4 rings (SSSR count). The summed E-state index contributed by atoms with van der Waals surface area (Å²) in [6.07, 6.45) is 1.19. The molecule has 3 aliphatic heterocycles. The fourth-order valence-electron chi connectivity index (χ4n) is 3.87. The van der Waals surface area contributed by atoms with Crippen molar-refractivity contribution in [3.05, 3.63) is 11.6 Å². The molecule has 3 heterocycles. The maximum absolute atomic E-state index is 12.2. The van der Waals surface area contributed by atoms with E-state index < -0.39 is 29.7 Å². The lowest BCUT2D eigenvalue weighted by Crippen LogP contribution is -2.32. The Morgan fingerprint density at radius 3 is 2.87 bits per heavy atom. The molecule has 0 aromatic carbocycles. The van der Waals surface area contributed by atoms with Crippen molar-refractivity contribution in [3.63, 3.8) is 0 Å². The highest BCUT2D eigenvalue weighted by Gasteiger charge is 2.59. The lowest BCUT2D eigenvalue weighted by Gasteiger charge is -2.23. The summed E-state index contributed by atoms with van der Waals surface area (Å²) < 4.78 is 21.9. The largest absolute Gasteiger partial charge is 0.462 e. The summed E-state index contributed by atoms with van der Waals surface area (Å²) in [7, 11) is 0. The van der Waals surface area contributed by atoms with Crippen molar-refractivity contribution in [3.8, 4) is 0 Å². The van der Waals surface area contributed by atoms with Gasteiger partial charge in [0.1, 0.15) is 18.3 Å². The minimum atomic E-state index is -0.675. The first-order chi connectivity index (χ1) is 10.9. The van der Waals surface area contributed by atoms with Crippen LogP contribution in [0.2, 0.25) is 0 Å². The van der Waals surface area contributed by atoms with Gasteiger partial charge in [-0.05, 0) is 13.0 Å². The van der Waals surface area contributed by atoms with E-state index in [2.05, 4.69) is 0 Å². The van der Waals surface area contributed by atoms with Crippen molar-refractivity contribution in [1.82, 2.24) is 0 Å². The molecule has 1 aliphatic carbocycles. The molecule has 0 N–H and O–H groups in total. The Morgan fingerprint density at radius 2 is 2.13 bits per heavy atom. The smallest absolute Gasteiger partial charge is 0.338 e. The Morgan fingerprint density at radius 1 is 1.35 bits per heavy atom. The van der Waals surface area contributed by atoms with Gasteiger partial charge in [0.05, 0.1) is 23.7 Å². The second-order valence-electron chi connectivity index (χ2n) is 6.85. The third-order valence-corrected chi connectivity index (χ3v) is 5.13. The average Bonchev–Trinajstić information content (AvgIpc) is 2.78. The molecular weight excluding hydrogens is 304 g/mol. The number of rotatable bonds is 1. The second kappa shape index (κ2) is 4.80. The van der Waals surface area contributed by atoms with Gasteiger partial charge in [0.2, 0.25) is 0 Å². The molecule has 0 aromatic heterocycles. The molecule has 0 radical (unpaired) electrons. The molecule has 2 saturated heterocycles. The van der Waals surface area contributed by atoms with E-state index in [1.165, 1.54) is 6.92 Å². The molecule has 7 nitrogen and oxygen atoms in total. The van der Waals surface area contributed by atoms with Gasteiger partial charge >= 0.3 is 17.9 Å². The lowest BCUT2D eigenvalue weighted by molar-refractivity contribution is -0.148. The van der Waals surface area contributed by atoms with Crippen LogP contribution < -0.4 is 0 Å². The van der Waals surface area contributed by atoms with Crippen molar-refractivity contribution in [1.29, 1.82) is 0 Å². The maximum atomic E-state index is 12.2. The zero-order valence-electron chi connectivity index (χ0n) is 12.9. The Labute approximate surface area is 132 Å². The number of carbonyl (C=O) groups is 3. The molecular formula is C16H18O7. The fraction of sp³-hybridized carbons (Fsp3) is 0.688. The second-order valence-corrected chi connectivity index (χ2v) is 6.85. The van der Waals surface area contributed by atoms with Crippen LogP contribution in [0.15, 0.2) is 11.6 Å². The Kier molecular flexibility index (Phi) is 3.07. The van der Waals surface area contributed by atoms with Crippen LogP contribution in [0.1, 0.15) is 33.1 Å². The number of hydrogen-bond donors (Lipinski definition) is 0. The number of ether oxygens (including phenoxy) is 4. The first-order valence-corrected chi connectivity index (χ1v) is 7.83. The molecule has 0 spiro atoms. The molecule has 4 aliphatic rings. The van der Waals surface area contributed by atoms with E-state index in [0.717, 1.165) is 0 Å². The first-order valence-electron chi connectivity index (χ1n) is 7.83. The molecule has 124 valence electrons. The van der Waals surface area contributed by atoms with E-state index in [1.54, 1.807) is 6.08 Å². The van der Waals surface area contributed by atoms with Gasteiger partial charge in [0, 0.05) is 25.7 Å². The molecule has 6 atom stereocenters. The predicted molar refractivity (Wildman–Crippen MR) is 74.0 cm³/mol. The predicted octanol–water partition coefficient (Wildman–Crippen LogP) is 0.653. The summed E-state index contributed by atoms with van der Waals surface area (Å²) in [4.78, 5) is 35.3. The standard InChI is InChI=1S/C16H18O7/c1-7(17)20-11-5-13-16(2,23-13)6-12-8(4-14(18)21-12)10-3-9(11)15(19)22-10/h3,8,10-13H,4-6H2,1-2H3. The van der Waals surface area contributed by atoms with Crippen molar-refractivity contribution in [2.45, 2.75) is 63.1 Å². The Balaban J connectivity index is 1.69. The van der Waals surface area contributed by atoms with Crippen LogP contribution in [0.3, 0.4) is 0 Å². The molecule has 0 aromatic rings. The summed E-state index contributed by atoms with van der Waals surface area (Å²) in [5.41, 5.74) is -0.0881. The molecule has 23 heavy (non-hydrogen) atoms. The minimum absolute atomic E-state index is 0.141. The minimum Gasteiger partial charge on any atom is -0.462 e. The van der Waals surface area contributed by atoms with Crippen LogP contribution >= 0.6 is 0 Å². The van der Waals surface area contributed by atoms with Gasteiger partial charge in [-0.25, -0.2) is 4.79 Å². The van der Waals surface area contributed by atoms with Gasteiger partial charge in [0.15, 0.2) is 0 Å². The van der Waals surface area contributed by atoms with Gasteiger partial charge in [-0.1, -0.05) is 0 Å². The number of fused-ring (bicyclic) bond motifs is 4. The normalized spacial score (nSPS) is 44.4. The third kappa shape index (κ3) is 2.43. The molecule has 2 fully saturated rings. The Bertz CT molecular complexity index is 624. The van der Waals surface area contributed by atoms with E-state index in [0.29, 0.717) is 18.4 Å². The van der Waals surface area contributed by atoms with Crippen molar-refractivity contribution < 1.29 is 33.3 Å². The average molecular weight is 322 g/mol. The highest BCUT2D eigenvalue weighted by atomic mass is 16.6. The molecule has 2 bridgehead atoms. The van der Waals surface area contributed by atoms with Gasteiger partial charge in [-0.3, -0.25) is 9.59 Å². The number of epoxide rings is 1. The van der Waals surface area contributed by atoms with E-state index in [4.69, 9.17) is 18.9 Å². The molecule has 0 saturated carbocycles. The highest BCUT2D eigenvalue weighted by molar-refractivity contribution is 5.92. The van der Waals surface area contributed by atoms with Crippen LogP contribution in [0.4, 0.5) is 0 Å². The van der Waals surface area contributed by atoms with E-state index >= 15 is 0 Å². The van der Waals surface area contributed by atoms with E-state index in [9.17, 15) is 14.4 Å². The highest BCUT2D eigenvalue weighted by Crippen LogP contribution is 2.49. The van der Waals surface area contributed by atoms with E-state index in [-0.39, 0.29) is 30.5 Å². The SMILES string of the molecule is CC(=O)OC1CC2OC2(C)CC2OC(=O)CC2C2C=C1C(=O)O2. The monoisotopic (exact) mass is 322 g/mol. The van der Waals surface area contributed by atoms with Crippen molar-refractivity contribution in [2.24, 2.45) is 5.92 Å². The number of carbonyl (C=O) groups excluding carboxylic acids is 3. The van der Waals surface area contributed by atoms with Crippen LogP contribution in [-0.2, 0) is 33.3 Å². The molecule has 6 unspecified atom stereocenters. The summed E-state index contributed by atoms with van der Waals surface area (Å²) >= 11 is 0. The summed E-state index contributed by atoms with van der Waals surface area (Å²) in [6.45, 7) is 3.26. The summed E-state index contributed by atoms with van der Waals surface area (Å²) in [5.74, 6) is -1.45.